The van der Waals surface area contributed by atoms with E-state index >= 15 is 0 Å². The van der Waals surface area contributed by atoms with Gasteiger partial charge in [0.15, 0.2) is 5.56 Å². The number of aliphatic hydroxyl groups excluding tert-OH is 1. The van der Waals surface area contributed by atoms with Crippen LogP contribution in [-0.4, -0.2) is 46.2 Å². The Labute approximate surface area is 167 Å². The third-order valence-corrected chi connectivity index (χ3v) is 5.80. The first-order chi connectivity index (χ1) is 13.7. The summed E-state index contributed by atoms with van der Waals surface area (Å²) in [6.07, 6.45) is 9.02. The van der Waals surface area contributed by atoms with E-state index in [9.17, 15) is 9.90 Å². The van der Waals surface area contributed by atoms with Gasteiger partial charge < -0.3 is 25.1 Å². The number of hydrogen-bond acceptors (Lipinski definition) is 8. The van der Waals surface area contributed by atoms with Gasteiger partial charge in [-0.25, -0.2) is 9.97 Å². The van der Waals surface area contributed by atoms with Crippen LogP contribution >= 0.6 is 11.8 Å². The summed E-state index contributed by atoms with van der Waals surface area (Å²) in [7, 11) is 0. The molecule has 2 fully saturated rings. The Morgan fingerprint density at radius 2 is 2.25 bits per heavy atom. The van der Waals surface area contributed by atoms with Gasteiger partial charge in [-0.3, -0.25) is 4.79 Å². The van der Waals surface area contributed by atoms with Crippen LogP contribution in [0.25, 0.3) is 6.08 Å². The molecule has 2 aromatic rings. The molecule has 0 aliphatic carbocycles. The maximum absolute atomic E-state index is 11.7. The van der Waals surface area contributed by atoms with Crippen LogP contribution < -0.4 is 15.5 Å². The van der Waals surface area contributed by atoms with E-state index in [-0.39, 0.29) is 5.91 Å². The highest BCUT2D eigenvalue weighted by Crippen LogP contribution is 2.27. The summed E-state index contributed by atoms with van der Waals surface area (Å²) in [6, 6.07) is 3.74. The average Bonchev–Trinajstić information content (AvgIpc) is 3.32. The molecule has 2 aliphatic rings. The monoisotopic (exact) mass is 401 g/mol. The summed E-state index contributed by atoms with van der Waals surface area (Å²) in [6.45, 7) is 3.63. The van der Waals surface area contributed by atoms with Gasteiger partial charge >= 0.3 is 0 Å². The molecule has 3 N–H and O–H groups in total. The molecular weight excluding hydrogens is 378 g/mol. The van der Waals surface area contributed by atoms with Gasteiger partial charge in [-0.05, 0) is 43.5 Å². The number of rotatable bonds is 6. The van der Waals surface area contributed by atoms with Gasteiger partial charge in [-0.1, -0.05) is 11.8 Å². The fourth-order valence-electron chi connectivity index (χ4n) is 3.37. The molecule has 148 valence electrons. The van der Waals surface area contributed by atoms with Crippen molar-refractivity contribution in [2.75, 3.05) is 24.5 Å². The fraction of sp³-hybridized carbons (Fsp3) is 0.421. The van der Waals surface area contributed by atoms with Crippen LogP contribution in [0.1, 0.15) is 24.1 Å². The molecule has 0 bridgehead atoms. The molecular formula is C19H23N5O3S. The second-order valence-corrected chi connectivity index (χ2v) is 8.05. The topological polar surface area (TPSA) is 104 Å². The van der Waals surface area contributed by atoms with Crippen LogP contribution in [-0.2, 0) is 11.3 Å². The number of hydrogen-bond donors (Lipinski definition) is 3. The van der Waals surface area contributed by atoms with Crippen molar-refractivity contribution in [1.29, 1.82) is 0 Å². The first kappa shape index (κ1) is 19.0. The number of aromatic nitrogens is 2. The third-order valence-electron chi connectivity index (χ3n) is 4.90. The van der Waals surface area contributed by atoms with Gasteiger partial charge in [0.2, 0.25) is 5.95 Å². The molecule has 9 heteroatoms. The maximum atomic E-state index is 11.7. The van der Waals surface area contributed by atoms with E-state index < -0.39 is 5.56 Å². The summed E-state index contributed by atoms with van der Waals surface area (Å²) in [5.74, 6) is 1.04. The van der Waals surface area contributed by atoms with Crippen LogP contribution in [0.2, 0.25) is 0 Å². The second kappa shape index (κ2) is 8.76. The molecule has 0 aromatic carbocycles. The molecule has 1 amide bonds. The predicted molar refractivity (Wildman–Crippen MR) is 107 cm³/mol. The lowest BCUT2D eigenvalue weighted by Gasteiger charge is -2.32. The normalized spacial score (nSPS) is 22.0. The minimum Gasteiger partial charge on any atom is -0.472 e. The van der Waals surface area contributed by atoms with Crippen molar-refractivity contribution in [2.45, 2.75) is 24.9 Å². The van der Waals surface area contributed by atoms with E-state index in [0.29, 0.717) is 22.5 Å². The van der Waals surface area contributed by atoms with Crippen molar-refractivity contribution in [3.63, 3.8) is 0 Å². The van der Waals surface area contributed by atoms with Gasteiger partial charge in [0.05, 0.1) is 23.1 Å². The lowest BCUT2D eigenvalue weighted by atomic mass is 9.97. The highest BCUT2D eigenvalue weighted by Gasteiger charge is 2.25. The summed E-state index contributed by atoms with van der Waals surface area (Å²) >= 11 is 1.09. The molecule has 2 aromatic heterocycles. The number of carbonyl (C=O) groups is 1. The van der Waals surface area contributed by atoms with Crippen LogP contribution in [0.15, 0.2) is 40.2 Å². The molecule has 4 rings (SSSR count). The Kier molecular flexibility index (Phi) is 5.94. The third kappa shape index (κ3) is 4.73. The summed E-state index contributed by atoms with van der Waals surface area (Å²) in [5.41, 5.74) is 0.945. The lowest BCUT2D eigenvalue weighted by molar-refractivity contribution is -0.117. The molecule has 0 spiro atoms. The average molecular weight is 401 g/mol. The number of piperidine rings is 1. The minimum absolute atomic E-state index is 0.276. The van der Waals surface area contributed by atoms with Crippen molar-refractivity contribution in [2.24, 2.45) is 5.92 Å². The fourth-order valence-corrected chi connectivity index (χ4v) is 4.13. The number of anilines is 1. The summed E-state index contributed by atoms with van der Waals surface area (Å²) in [4.78, 5) is 23.4. The van der Waals surface area contributed by atoms with Gasteiger partial charge in [-0.15, -0.1) is 0 Å². The Bertz CT molecular complexity index is 834. The van der Waals surface area contributed by atoms with Gasteiger partial charge in [0, 0.05) is 31.4 Å². The minimum atomic E-state index is -0.888. The van der Waals surface area contributed by atoms with Crippen LogP contribution in [0, 0.1) is 5.92 Å². The first-order valence-corrected chi connectivity index (χ1v) is 10.2. The van der Waals surface area contributed by atoms with Crippen LogP contribution in [0.5, 0.6) is 0 Å². The van der Waals surface area contributed by atoms with E-state index in [1.54, 1.807) is 30.9 Å². The molecule has 2 saturated heterocycles. The largest absolute Gasteiger partial charge is 0.472 e. The SMILES string of the molecule is O=C1NC(O)SC1=Cc1ccnc(N2CCC(CNCc3ccoc3)CC2)n1. The second-order valence-electron chi connectivity index (χ2n) is 6.93. The van der Waals surface area contributed by atoms with Gasteiger partial charge in [0.1, 0.15) is 0 Å². The highest BCUT2D eigenvalue weighted by molar-refractivity contribution is 8.05. The Morgan fingerprint density at radius 1 is 1.39 bits per heavy atom. The summed E-state index contributed by atoms with van der Waals surface area (Å²) in [5, 5.41) is 15.4. The van der Waals surface area contributed by atoms with Crippen LogP contribution in [0.3, 0.4) is 0 Å². The van der Waals surface area contributed by atoms with Crippen molar-refractivity contribution < 1.29 is 14.3 Å². The summed E-state index contributed by atoms with van der Waals surface area (Å²) < 4.78 is 5.08. The molecule has 2 aliphatic heterocycles. The number of nitrogens with zero attached hydrogens (tertiary/aromatic N) is 3. The smallest absolute Gasteiger partial charge is 0.260 e. The van der Waals surface area contributed by atoms with Crippen LogP contribution in [0.4, 0.5) is 5.95 Å². The number of amides is 1. The number of furan rings is 1. The molecule has 4 heterocycles. The molecule has 1 atom stereocenters. The maximum Gasteiger partial charge on any atom is 0.260 e. The lowest BCUT2D eigenvalue weighted by Crippen LogP contribution is -2.38. The van der Waals surface area contributed by atoms with Gasteiger partial charge in [-0.2, -0.15) is 0 Å². The van der Waals surface area contributed by atoms with E-state index in [1.807, 2.05) is 6.07 Å². The van der Waals surface area contributed by atoms with E-state index in [1.165, 1.54) is 5.56 Å². The molecule has 0 saturated carbocycles. The zero-order chi connectivity index (χ0) is 19.3. The zero-order valence-electron chi connectivity index (χ0n) is 15.4. The first-order valence-electron chi connectivity index (χ1n) is 9.34. The highest BCUT2D eigenvalue weighted by atomic mass is 32.2. The number of nitrogens with one attached hydrogen (secondary N) is 2. The number of aliphatic hydroxyl groups is 1. The van der Waals surface area contributed by atoms with E-state index in [2.05, 4.69) is 25.5 Å². The van der Waals surface area contributed by atoms with Crippen molar-refractivity contribution >= 4 is 29.7 Å². The van der Waals surface area contributed by atoms with Crippen molar-refractivity contribution in [1.82, 2.24) is 20.6 Å². The number of thioether (sulfide) groups is 1. The molecule has 1 unspecified atom stereocenters. The molecule has 0 radical (unpaired) electrons. The predicted octanol–water partition coefficient (Wildman–Crippen LogP) is 1.56. The van der Waals surface area contributed by atoms with E-state index in [4.69, 9.17) is 4.42 Å². The van der Waals surface area contributed by atoms with E-state index in [0.717, 1.165) is 50.8 Å². The standard InChI is InChI=1S/C19H23N5O3S/c25-17-16(28-19(26)23-17)9-15-1-5-21-18(22-15)24-6-2-13(3-7-24)10-20-11-14-4-8-27-12-14/h1,4-5,8-9,12-13,19-20,26H,2-3,6-7,10-11H2,(H,23,25). The quantitative estimate of drug-likeness (QED) is 0.627. The zero-order valence-corrected chi connectivity index (χ0v) is 16.2. The molecule has 28 heavy (non-hydrogen) atoms. The Hall–Kier alpha value is -2.36. The van der Waals surface area contributed by atoms with Gasteiger partial charge in [0.25, 0.3) is 5.91 Å². The Morgan fingerprint density at radius 3 is 2.96 bits per heavy atom. The number of carbonyl (C=O) groups excluding carboxylic acids is 1. The molecule has 8 nitrogen and oxygen atoms in total. The Balaban J connectivity index is 1.30. The van der Waals surface area contributed by atoms with Crippen molar-refractivity contribution in [3.05, 3.63) is 47.0 Å². The van der Waals surface area contributed by atoms with Crippen molar-refractivity contribution in [3.8, 4) is 0 Å².